The third-order valence-electron chi connectivity index (χ3n) is 9.06. The molecule has 5 rings (SSSR count). The Morgan fingerprint density at radius 1 is 0.980 bits per heavy atom. The van der Waals surface area contributed by atoms with Crippen molar-refractivity contribution in [1.82, 2.24) is 19.5 Å². The zero-order chi connectivity index (χ0) is 35.2. The van der Waals surface area contributed by atoms with E-state index in [1.807, 2.05) is 87.0 Å². The van der Waals surface area contributed by atoms with Crippen LogP contribution in [0.2, 0.25) is 0 Å². The molecule has 1 fully saturated rings. The van der Waals surface area contributed by atoms with Gasteiger partial charge < -0.3 is 4.74 Å². The highest BCUT2D eigenvalue weighted by atomic mass is 31.2. The van der Waals surface area contributed by atoms with E-state index in [0.717, 1.165) is 16.7 Å². The summed E-state index contributed by atoms with van der Waals surface area (Å²) in [5.74, 6) is 0. The molecule has 3 N–H and O–H groups in total. The Labute approximate surface area is 288 Å². The van der Waals surface area contributed by atoms with Gasteiger partial charge in [0.25, 0.3) is 5.56 Å². The Balaban J connectivity index is 1.60. The van der Waals surface area contributed by atoms with Crippen LogP contribution in [0.25, 0.3) is 0 Å². The number of rotatable bonds is 14. The predicted molar refractivity (Wildman–Crippen MR) is 193 cm³/mol. The van der Waals surface area contributed by atoms with Crippen LogP contribution in [0.3, 0.4) is 0 Å². The van der Waals surface area contributed by atoms with Gasteiger partial charge in [0, 0.05) is 36.8 Å². The molecule has 1 aliphatic heterocycles. The second-order valence-corrected chi connectivity index (χ2v) is 15.5. The fourth-order valence-electron chi connectivity index (χ4n) is 7.04. The number of nitrogens with zero attached hydrogens (tertiary/aromatic N) is 3. The smallest absolute Gasteiger partial charge is 0.347 e. The molecule has 3 aromatic carbocycles. The van der Waals surface area contributed by atoms with E-state index in [2.05, 4.69) is 52.8 Å². The lowest BCUT2D eigenvalue weighted by atomic mass is 9.77. The summed E-state index contributed by atoms with van der Waals surface area (Å²) in [5.41, 5.74) is 1.62. The molecular formula is C38H47N5O5P+. The van der Waals surface area contributed by atoms with Crippen LogP contribution in [-0.2, 0) is 14.8 Å². The van der Waals surface area contributed by atoms with Gasteiger partial charge in [0.05, 0.1) is 18.0 Å². The minimum atomic E-state index is -3.32. The summed E-state index contributed by atoms with van der Waals surface area (Å²) in [6.07, 6.45) is -0.0184. The fraction of sp³-hybridized carbons (Fsp3) is 0.395. The summed E-state index contributed by atoms with van der Waals surface area (Å²) >= 11 is 0. The lowest BCUT2D eigenvalue weighted by Gasteiger charge is -2.39. The van der Waals surface area contributed by atoms with E-state index in [4.69, 9.17) is 9.26 Å². The summed E-state index contributed by atoms with van der Waals surface area (Å²) in [4.78, 5) is 40.0. The third kappa shape index (κ3) is 7.79. The van der Waals surface area contributed by atoms with E-state index in [1.165, 1.54) is 10.8 Å². The second-order valence-electron chi connectivity index (χ2n) is 13.1. The van der Waals surface area contributed by atoms with E-state index in [0.29, 0.717) is 5.56 Å². The van der Waals surface area contributed by atoms with Gasteiger partial charge in [0.2, 0.25) is 0 Å². The maximum atomic E-state index is 13.1. The largest absolute Gasteiger partial charge is 0.350 e. The Morgan fingerprint density at radius 2 is 1.49 bits per heavy atom. The molecule has 49 heavy (non-hydrogen) atoms. The highest BCUT2D eigenvalue weighted by Gasteiger charge is 2.54. The lowest BCUT2D eigenvalue weighted by Crippen LogP contribution is -2.49. The molecule has 0 bridgehead atoms. The first-order chi connectivity index (χ1) is 23.5. The average molecular weight is 685 g/mol. The standard InChI is InChI=1S/C38H46N5O5P/c1-27(2)43(28(3)4)49(46,23-15-22-39)48-33-24-35(42-26-29(5)36(44)41-37(42)45)47-34(33)25-40-38(30-16-9-6-10-17-30,31-18-11-7-12-19-31)32-20-13-8-14-21-32/h6-14,16-21,26-28,33-35,40,46H,15,23-25H2,1-5H3/p+1/t33-,34+,35+,49?/m0/s1. The summed E-state index contributed by atoms with van der Waals surface area (Å²) in [7, 11) is -3.32. The first-order valence-electron chi connectivity index (χ1n) is 16.8. The fourth-order valence-corrected chi connectivity index (χ4v) is 9.98. The van der Waals surface area contributed by atoms with Gasteiger partial charge >= 0.3 is 13.6 Å². The van der Waals surface area contributed by atoms with Crippen molar-refractivity contribution >= 4 is 7.87 Å². The summed E-state index contributed by atoms with van der Waals surface area (Å²) in [6, 6.07) is 32.7. The lowest BCUT2D eigenvalue weighted by molar-refractivity contribution is -0.0201. The van der Waals surface area contributed by atoms with Crippen molar-refractivity contribution in [1.29, 1.82) is 5.26 Å². The van der Waals surface area contributed by atoms with Crippen molar-refractivity contribution in [2.24, 2.45) is 0 Å². The molecule has 11 heteroatoms. The molecule has 4 aromatic rings. The molecule has 1 saturated heterocycles. The molecule has 0 radical (unpaired) electrons. The predicted octanol–water partition coefficient (Wildman–Crippen LogP) is 5.89. The summed E-state index contributed by atoms with van der Waals surface area (Å²) < 4.78 is 16.8. The van der Waals surface area contributed by atoms with Crippen LogP contribution < -0.4 is 16.6 Å². The van der Waals surface area contributed by atoms with Gasteiger partial charge in [-0.05, 0) is 51.3 Å². The zero-order valence-electron chi connectivity index (χ0n) is 28.8. The monoisotopic (exact) mass is 684 g/mol. The van der Waals surface area contributed by atoms with Crippen LogP contribution in [-0.4, -0.2) is 56.1 Å². The van der Waals surface area contributed by atoms with E-state index in [9.17, 15) is 19.7 Å². The number of benzene rings is 3. The van der Waals surface area contributed by atoms with Crippen molar-refractivity contribution in [3.8, 4) is 6.07 Å². The van der Waals surface area contributed by atoms with Gasteiger partial charge in [-0.1, -0.05) is 91.0 Å². The topological polar surface area (TPSA) is 133 Å². The van der Waals surface area contributed by atoms with Crippen molar-refractivity contribution < 1.29 is 14.2 Å². The molecule has 4 atom stereocenters. The first kappa shape index (κ1) is 36.3. The number of hydrogen-bond acceptors (Lipinski definition) is 8. The Hall–Kier alpha value is -3.94. The van der Waals surface area contributed by atoms with Gasteiger partial charge in [-0.15, -0.1) is 4.67 Å². The van der Waals surface area contributed by atoms with Crippen molar-refractivity contribution in [2.75, 3.05) is 12.7 Å². The summed E-state index contributed by atoms with van der Waals surface area (Å²) in [5, 5.41) is 13.4. The number of nitriles is 1. The van der Waals surface area contributed by atoms with Crippen molar-refractivity contribution in [3.05, 3.63) is 140 Å². The van der Waals surface area contributed by atoms with Gasteiger partial charge in [-0.25, -0.2) is 9.69 Å². The molecule has 1 aliphatic rings. The van der Waals surface area contributed by atoms with E-state index < -0.39 is 43.1 Å². The van der Waals surface area contributed by atoms with E-state index in [-0.39, 0.29) is 37.6 Å². The first-order valence-corrected chi connectivity index (χ1v) is 18.6. The van der Waals surface area contributed by atoms with Crippen LogP contribution in [0, 0.1) is 18.3 Å². The van der Waals surface area contributed by atoms with Crippen LogP contribution in [0.1, 0.15) is 69.0 Å². The van der Waals surface area contributed by atoms with Gasteiger partial charge in [0.1, 0.15) is 24.6 Å². The quantitative estimate of drug-likeness (QED) is 0.111. The Morgan fingerprint density at radius 3 is 1.96 bits per heavy atom. The molecule has 0 saturated carbocycles. The minimum absolute atomic E-state index is 0.0573. The number of aryl methyl sites for hydroxylation is 1. The van der Waals surface area contributed by atoms with Crippen LogP contribution >= 0.6 is 7.87 Å². The SMILES string of the molecule is Cc1cn([C@H]2C[C@H](O[P+](O)(CCC#N)N(C(C)C)C(C)C)[C@@H](CNC(c3ccccc3)(c3ccccc3)c3ccccc3)O2)c(=O)[nH]c1=O. The van der Waals surface area contributed by atoms with E-state index >= 15 is 0 Å². The number of aromatic nitrogens is 2. The highest BCUT2D eigenvalue weighted by Crippen LogP contribution is 2.63. The normalized spacial score (nSPS) is 19.3. The molecule has 1 aromatic heterocycles. The Kier molecular flexibility index (Phi) is 11.7. The molecule has 0 spiro atoms. The minimum Gasteiger partial charge on any atom is -0.350 e. The molecular weight excluding hydrogens is 637 g/mol. The van der Waals surface area contributed by atoms with Gasteiger partial charge in [-0.3, -0.25) is 19.7 Å². The molecule has 1 unspecified atom stereocenters. The van der Waals surface area contributed by atoms with Crippen LogP contribution in [0.15, 0.2) is 107 Å². The number of H-pyrrole nitrogens is 1. The van der Waals surface area contributed by atoms with Crippen LogP contribution in [0.5, 0.6) is 0 Å². The maximum Gasteiger partial charge on any atom is 0.347 e. The molecule has 0 aliphatic carbocycles. The number of aromatic amines is 1. The molecule has 2 heterocycles. The number of nitrogens with one attached hydrogen (secondary N) is 2. The van der Waals surface area contributed by atoms with Gasteiger partial charge in [0.15, 0.2) is 0 Å². The third-order valence-corrected chi connectivity index (χ3v) is 12.1. The highest BCUT2D eigenvalue weighted by molar-refractivity contribution is 7.63. The second kappa shape index (κ2) is 15.7. The molecule has 0 amide bonds. The maximum absolute atomic E-state index is 13.1. The van der Waals surface area contributed by atoms with Gasteiger partial charge in [-0.2, -0.15) is 9.79 Å². The molecule has 258 valence electrons. The number of ether oxygens (including phenoxy) is 1. The van der Waals surface area contributed by atoms with Crippen LogP contribution in [0.4, 0.5) is 0 Å². The molecule has 10 nitrogen and oxygen atoms in total. The zero-order valence-corrected chi connectivity index (χ0v) is 29.7. The average Bonchev–Trinajstić information content (AvgIpc) is 3.48. The number of hydrogen-bond donors (Lipinski definition) is 3. The van der Waals surface area contributed by atoms with Crippen molar-refractivity contribution in [3.63, 3.8) is 0 Å². The Bertz CT molecular complexity index is 1720. The van der Waals surface area contributed by atoms with E-state index in [1.54, 1.807) is 6.92 Å². The summed E-state index contributed by atoms with van der Waals surface area (Å²) in [6.45, 7) is 9.93. The van der Waals surface area contributed by atoms with Crippen molar-refractivity contribution in [2.45, 2.75) is 83.5 Å².